The zero-order chi connectivity index (χ0) is 13.4. The Morgan fingerprint density at radius 1 is 1.11 bits per heavy atom. The van der Waals surface area contributed by atoms with E-state index in [0.29, 0.717) is 19.0 Å². The summed E-state index contributed by atoms with van der Waals surface area (Å²) < 4.78 is 25.6. The molecule has 1 saturated heterocycles. The van der Waals surface area contributed by atoms with Crippen LogP contribution in [-0.4, -0.2) is 43.1 Å². The van der Waals surface area contributed by atoms with Gasteiger partial charge in [0, 0.05) is 19.1 Å². The van der Waals surface area contributed by atoms with Crippen molar-refractivity contribution in [1.82, 2.24) is 9.62 Å². The number of sulfonamides is 1. The Morgan fingerprint density at radius 3 is 2.11 bits per heavy atom. The van der Waals surface area contributed by atoms with Crippen LogP contribution in [0.3, 0.4) is 0 Å². The van der Waals surface area contributed by atoms with Crippen LogP contribution in [0.25, 0.3) is 0 Å². The molecule has 0 aromatic heterocycles. The first-order valence-corrected chi connectivity index (χ1v) is 8.48. The second kappa shape index (κ2) is 5.10. The molecule has 18 heavy (non-hydrogen) atoms. The first kappa shape index (κ1) is 14.3. The predicted octanol–water partition coefficient (Wildman–Crippen LogP) is 1.58. The molecular weight excluding hydrogens is 248 g/mol. The van der Waals surface area contributed by atoms with Crippen LogP contribution in [-0.2, 0) is 10.0 Å². The molecule has 4 nitrogen and oxygen atoms in total. The summed E-state index contributed by atoms with van der Waals surface area (Å²) in [6, 6.07) is 0.751. The molecule has 0 aromatic carbocycles. The fraction of sp³-hybridized carbons (Fsp3) is 1.00. The Morgan fingerprint density at radius 2 is 1.67 bits per heavy atom. The summed E-state index contributed by atoms with van der Waals surface area (Å²) in [5, 5.41) is 3.54. The Bertz CT molecular complexity index is 374. The van der Waals surface area contributed by atoms with Crippen LogP contribution in [0, 0.1) is 5.92 Å². The summed E-state index contributed by atoms with van der Waals surface area (Å²) >= 11 is 0. The van der Waals surface area contributed by atoms with E-state index >= 15 is 0 Å². The van der Waals surface area contributed by atoms with Gasteiger partial charge < -0.3 is 5.32 Å². The number of rotatable bonds is 4. The zero-order valence-corrected chi connectivity index (χ0v) is 12.6. The fourth-order valence-electron chi connectivity index (χ4n) is 2.36. The molecule has 106 valence electrons. The van der Waals surface area contributed by atoms with Crippen molar-refractivity contribution in [3.63, 3.8) is 0 Å². The van der Waals surface area contributed by atoms with Gasteiger partial charge in [-0.1, -0.05) is 0 Å². The lowest BCUT2D eigenvalue weighted by Gasteiger charge is -2.35. The molecule has 5 heteroatoms. The van der Waals surface area contributed by atoms with Gasteiger partial charge in [-0.25, -0.2) is 12.7 Å². The quantitative estimate of drug-likeness (QED) is 0.847. The highest BCUT2D eigenvalue weighted by molar-refractivity contribution is 7.90. The Balaban J connectivity index is 1.82. The molecule has 1 N–H and O–H groups in total. The summed E-state index contributed by atoms with van der Waals surface area (Å²) in [5.74, 6) is 0.650. The maximum atomic E-state index is 12.3. The summed E-state index contributed by atoms with van der Waals surface area (Å²) in [6.45, 7) is 7.79. The van der Waals surface area contributed by atoms with Gasteiger partial charge in [0.25, 0.3) is 0 Å². The third-order valence-electron chi connectivity index (χ3n) is 3.96. The highest BCUT2D eigenvalue weighted by Crippen LogP contribution is 2.26. The van der Waals surface area contributed by atoms with Crippen molar-refractivity contribution in [3.05, 3.63) is 0 Å². The van der Waals surface area contributed by atoms with Crippen molar-refractivity contribution >= 4 is 10.0 Å². The molecule has 0 aromatic rings. The van der Waals surface area contributed by atoms with Crippen molar-refractivity contribution in [1.29, 1.82) is 0 Å². The SMILES string of the molecule is CC(C)(C)S(=O)(=O)N1CCC(CNC2CC2)CC1. The highest BCUT2D eigenvalue weighted by atomic mass is 32.2. The van der Waals surface area contributed by atoms with E-state index in [9.17, 15) is 8.42 Å². The minimum absolute atomic E-state index is 0.650. The molecule has 2 fully saturated rings. The van der Waals surface area contributed by atoms with Gasteiger partial charge >= 0.3 is 0 Å². The molecule has 2 rings (SSSR count). The number of nitrogens with one attached hydrogen (secondary N) is 1. The van der Waals surface area contributed by atoms with Crippen LogP contribution in [0.4, 0.5) is 0 Å². The van der Waals surface area contributed by atoms with E-state index in [1.165, 1.54) is 12.8 Å². The Hall–Kier alpha value is -0.130. The van der Waals surface area contributed by atoms with E-state index < -0.39 is 14.8 Å². The lowest BCUT2D eigenvalue weighted by atomic mass is 9.98. The molecule has 0 bridgehead atoms. The van der Waals surface area contributed by atoms with Crippen LogP contribution >= 0.6 is 0 Å². The lowest BCUT2D eigenvalue weighted by Crippen LogP contribution is -2.47. The van der Waals surface area contributed by atoms with Gasteiger partial charge in [-0.2, -0.15) is 0 Å². The average molecular weight is 274 g/mol. The van der Waals surface area contributed by atoms with Crippen LogP contribution in [0.2, 0.25) is 0 Å². The molecule has 2 aliphatic rings. The Kier molecular flexibility index (Phi) is 4.04. The summed E-state index contributed by atoms with van der Waals surface area (Å²) in [5.41, 5.74) is 0. The maximum Gasteiger partial charge on any atom is 0.219 e. The molecule has 1 saturated carbocycles. The topological polar surface area (TPSA) is 49.4 Å². The smallest absolute Gasteiger partial charge is 0.219 e. The molecule has 0 spiro atoms. The van der Waals surface area contributed by atoms with E-state index in [4.69, 9.17) is 0 Å². The van der Waals surface area contributed by atoms with Crippen molar-refractivity contribution < 1.29 is 8.42 Å². The standard InChI is InChI=1S/C13H26N2O2S/c1-13(2,3)18(16,17)15-8-6-11(7-9-15)10-14-12-4-5-12/h11-12,14H,4-10H2,1-3H3. The van der Waals surface area contributed by atoms with Gasteiger partial charge in [0.1, 0.15) is 0 Å². The molecule has 1 aliphatic carbocycles. The monoisotopic (exact) mass is 274 g/mol. The number of hydrogen-bond donors (Lipinski definition) is 1. The number of hydrogen-bond acceptors (Lipinski definition) is 3. The largest absolute Gasteiger partial charge is 0.314 e. The first-order valence-electron chi connectivity index (χ1n) is 7.04. The summed E-state index contributed by atoms with van der Waals surface area (Å²) in [7, 11) is -3.13. The van der Waals surface area contributed by atoms with E-state index in [-0.39, 0.29) is 0 Å². The maximum absolute atomic E-state index is 12.3. The zero-order valence-electron chi connectivity index (χ0n) is 11.8. The Labute approximate surface area is 111 Å². The third-order valence-corrected chi connectivity index (χ3v) is 6.55. The van der Waals surface area contributed by atoms with Gasteiger partial charge in [0.05, 0.1) is 4.75 Å². The fourth-order valence-corrected chi connectivity index (χ4v) is 3.83. The van der Waals surface area contributed by atoms with Gasteiger partial charge in [0.2, 0.25) is 10.0 Å². The van der Waals surface area contributed by atoms with Crippen LogP contribution in [0.1, 0.15) is 46.5 Å². The second-order valence-corrected chi connectivity index (χ2v) is 9.33. The average Bonchev–Trinajstić information content (AvgIpc) is 3.09. The van der Waals surface area contributed by atoms with Crippen molar-refractivity contribution in [2.24, 2.45) is 5.92 Å². The van der Waals surface area contributed by atoms with Gasteiger partial charge in [0.15, 0.2) is 0 Å². The van der Waals surface area contributed by atoms with E-state index in [0.717, 1.165) is 25.4 Å². The molecule has 1 aliphatic heterocycles. The molecule has 0 amide bonds. The minimum Gasteiger partial charge on any atom is -0.314 e. The predicted molar refractivity (Wildman–Crippen MR) is 74.0 cm³/mol. The van der Waals surface area contributed by atoms with Crippen LogP contribution in [0.5, 0.6) is 0 Å². The van der Waals surface area contributed by atoms with E-state index in [1.54, 1.807) is 25.1 Å². The summed E-state index contributed by atoms with van der Waals surface area (Å²) in [6.07, 6.45) is 4.62. The van der Waals surface area contributed by atoms with Crippen LogP contribution < -0.4 is 5.32 Å². The third kappa shape index (κ3) is 3.25. The van der Waals surface area contributed by atoms with Crippen molar-refractivity contribution in [2.75, 3.05) is 19.6 Å². The number of piperidine rings is 1. The second-order valence-electron chi connectivity index (χ2n) is 6.64. The minimum atomic E-state index is -3.13. The number of nitrogens with zero attached hydrogens (tertiary/aromatic N) is 1. The molecule has 0 radical (unpaired) electrons. The van der Waals surface area contributed by atoms with Crippen molar-refractivity contribution in [2.45, 2.75) is 57.2 Å². The van der Waals surface area contributed by atoms with Gasteiger partial charge in [-0.3, -0.25) is 0 Å². The first-order chi connectivity index (χ1) is 8.30. The molecule has 0 unspecified atom stereocenters. The van der Waals surface area contributed by atoms with E-state index in [1.807, 2.05) is 0 Å². The van der Waals surface area contributed by atoms with Gasteiger partial charge in [-0.05, 0) is 58.9 Å². The van der Waals surface area contributed by atoms with Crippen molar-refractivity contribution in [3.8, 4) is 0 Å². The van der Waals surface area contributed by atoms with Crippen LogP contribution in [0.15, 0.2) is 0 Å². The van der Waals surface area contributed by atoms with E-state index in [2.05, 4.69) is 5.32 Å². The summed E-state index contributed by atoms with van der Waals surface area (Å²) in [4.78, 5) is 0. The molecule has 1 heterocycles. The lowest BCUT2D eigenvalue weighted by molar-refractivity contribution is 0.262. The van der Waals surface area contributed by atoms with Gasteiger partial charge in [-0.15, -0.1) is 0 Å². The normalized spacial score (nSPS) is 24.4. The molecule has 0 atom stereocenters. The highest BCUT2D eigenvalue weighted by Gasteiger charge is 2.37. The molecular formula is C13H26N2O2S.